The predicted octanol–water partition coefficient (Wildman–Crippen LogP) is 4.81. The summed E-state index contributed by atoms with van der Waals surface area (Å²) in [7, 11) is 2.98. The maximum atomic E-state index is 12.7. The zero-order valence-electron chi connectivity index (χ0n) is 15.6. The van der Waals surface area contributed by atoms with Crippen LogP contribution in [0.1, 0.15) is 35.3 Å². The molecular formula is C22H24O4. The smallest absolute Gasteiger partial charge is 0.193 e. The Morgan fingerprint density at radius 2 is 1.73 bits per heavy atom. The topological polar surface area (TPSA) is 55.8 Å². The SMILES string of the molecule is COc1cc(OC)c(C(=O)/C=C/c2ccccc2)c(O)c1CC=C(C)C. The van der Waals surface area contributed by atoms with E-state index in [1.54, 1.807) is 12.1 Å². The number of allylic oxidation sites excluding steroid dienone is 3. The van der Waals surface area contributed by atoms with Gasteiger partial charge in [0.25, 0.3) is 0 Å². The van der Waals surface area contributed by atoms with Crippen molar-refractivity contribution in [2.45, 2.75) is 20.3 Å². The van der Waals surface area contributed by atoms with Crippen LogP contribution >= 0.6 is 0 Å². The van der Waals surface area contributed by atoms with E-state index in [-0.39, 0.29) is 22.8 Å². The van der Waals surface area contributed by atoms with E-state index in [2.05, 4.69) is 0 Å². The van der Waals surface area contributed by atoms with E-state index in [1.807, 2.05) is 50.3 Å². The fourth-order valence-electron chi connectivity index (χ4n) is 2.57. The highest BCUT2D eigenvalue weighted by atomic mass is 16.5. The monoisotopic (exact) mass is 352 g/mol. The largest absolute Gasteiger partial charge is 0.507 e. The van der Waals surface area contributed by atoms with Gasteiger partial charge in [-0.2, -0.15) is 0 Å². The van der Waals surface area contributed by atoms with Crippen molar-refractivity contribution in [1.29, 1.82) is 0 Å². The average Bonchev–Trinajstić information content (AvgIpc) is 2.64. The van der Waals surface area contributed by atoms with Crippen molar-refractivity contribution in [1.82, 2.24) is 0 Å². The van der Waals surface area contributed by atoms with Gasteiger partial charge >= 0.3 is 0 Å². The van der Waals surface area contributed by atoms with Crippen LogP contribution in [0.5, 0.6) is 17.2 Å². The number of benzene rings is 2. The number of carbonyl (C=O) groups excluding carboxylic acids is 1. The van der Waals surface area contributed by atoms with E-state index >= 15 is 0 Å². The lowest BCUT2D eigenvalue weighted by Gasteiger charge is -2.15. The summed E-state index contributed by atoms with van der Waals surface area (Å²) >= 11 is 0. The predicted molar refractivity (Wildman–Crippen MR) is 104 cm³/mol. The van der Waals surface area contributed by atoms with Gasteiger partial charge in [0.15, 0.2) is 5.78 Å². The molecule has 0 atom stereocenters. The summed E-state index contributed by atoms with van der Waals surface area (Å²) in [5.74, 6) is 0.328. The standard InChI is InChI=1S/C22H24O4/c1-15(2)10-12-17-19(25-3)14-20(26-4)21(22(17)24)18(23)13-11-16-8-6-5-7-9-16/h5-11,13-14,24H,12H2,1-4H3/b13-11+. The number of ketones is 1. The van der Waals surface area contributed by atoms with Crippen molar-refractivity contribution in [3.8, 4) is 17.2 Å². The number of hydrogen-bond acceptors (Lipinski definition) is 4. The summed E-state index contributed by atoms with van der Waals surface area (Å²) in [6.07, 6.45) is 5.58. The van der Waals surface area contributed by atoms with Crippen LogP contribution in [0.15, 0.2) is 54.1 Å². The Balaban J connectivity index is 2.48. The van der Waals surface area contributed by atoms with Crippen LogP contribution in [0.4, 0.5) is 0 Å². The molecule has 2 aromatic rings. The molecule has 0 radical (unpaired) electrons. The first kappa shape index (κ1) is 19.3. The fourth-order valence-corrected chi connectivity index (χ4v) is 2.57. The quantitative estimate of drug-likeness (QED) is 0.441. The molecule has 0 aromatic heterocycles. The number of rotatable bonds is 7. The zero-order valence-corrected chi connectivity index (χ0v) is 15.6. The molecule has 1 N–H and O–H groups in total. The molecule has 2 aromatic carbocycles. The van der Waals surface area contributed by atoms with Crippen molar-refractivity contribution in [3.05, 3.63) is 70.8 Å². The summed E-state index contributed by atoms with van der Waals surface area (Å²) < 4.78 is 10.7. The number of phenols is 1. The van der Waals surface area contributed by atoms with Gasteiger partial charge in [-0.05, 0) is 31.9 Å². The summed E-state index contributed by atoms with van der Waals surface area (Å²) in [4.78, 5) is 12.7. The highest BCUT2D eigenvalue weighted by Crippen LogP contribution is 2.39. The molecule has 0 saturated carbocycles. The molecule has 0 spiro atoms. The first-order chi connectivity index (χ1) is 12.5. The third kappa shape index (κ3) is 4.54. The van der Waals surface area contributed by atoms with Crippen LogP contribution in [-0.2, 0) is 6.42 Å². The van der Waals surface area contributed by atoms with E-state index in [1.165, 1.54) is 20.3 Å². The van der Waals surface area contributed by atoms with E-state index in [0.29, 0.717) is 17.7 Å². The van der Waals surface area contributed by atoms with Crippen molar-refractivity contribution in [2.75, 3.05) is 14.2 Å². The highest BCUT2D eigenvalue weighted by molar-refractivity contribution is 6.11. The first-order valence-electron chi connectivity index (χ1n) is 8.35. The van der Waals surface area contributed by atoms with Gasteiger partial charge in [0.1, 0.15) is 22.8 Å². The van der Waals surface area contributed by atoms with Gasteiger partial charge in [0.2, 0.25) is 0 Å². The molecule has 0 heterocycles. The number of ether oxygens (including phenoxy) is 2. The minimum atomic E-state index is -0.329. The minimum Gasteiger partial charge on any atom is -0.507 e. The van der Waals surface area contributed by atoms with Gasteiger partial charge in [-0.15, -0.1) is 0 Å². The van der Waals surface area contributed by atoms with Gasteiger partial charge in [-0.25, -0.2) is 0 Å². The molecule has 4 nitrogen and oxygen atoms in total. The maximum absolute atomic E-state index is 12.7. The van der Waals surface area contributed by atoms with E-state index in [0.717, 1.165) is 11.1 Å². The minimum absolute atomic E-state index is 0.110. The van der Waals surface area contributed by atoms with Gasteiger partial charge in [0.05, 0.1) is 14.2 Å². The number of methoxy groups -OCH3 is 2. The maximum Gasteiger partial charge on any atom is 0.193 e. The van der Waals surface area contributed by atoms with Crippen LogP contribution in [0, 0.1) is 0 Å². The van der Waals surface area contributed by atoms with Crippen LogP contribution in [0.25, 0.3) is 6.08 Å². The molecule has 0 amide bonds. The number of carbonyl (C=O) groups is 1. The molecule has 0 bridgehead atoms. The molecule has 0 unspecified atom stereocenters. The summed E-state index contributed by atoms with van der Waals surface area (Å²) in [5, 5.41) is 10.7. The van der Waals surface area contributed by atoms with Crippen molar-refractivity contribution >= 4 is 11.9 Å². The molecule has 0 fully saturated rings. The van der Waals surface area contributed by atoms with Gasteiger partial charge in [0, 0.05) is 11.6 Å². The number of hydrogen-bond donors (Lipinski definition) is 1. The molecular weight excluding hydrogens is 328 g/mol. The van der Waals surface area contributed by atoms with Gasteiger partial charge < -0.3 is 14.6 Å². The lowest BCUT2D eigenvalue weighted by atomic mass is 9.99. The summed E-state index contributed by atoms with van der Waals surface area (Å²) in [5.41, 5.74) is 2.71. The Kier molecular flexibility index (Phi) is 6.61. The van der Waals surface area contributed by atoms with Crippen molar-refractivity contribution in [3.63, 3.8) is 0 Å². The number of aromatic hydroxyl groups is 1. The van der Waals surface area contributed by atoms with Crippen molar-refractivity contribution in [2.24, 2.45) is 0 Å². The lowest BCUT2D eigenvalue weighted by molar-refractivity contribution is 0.104. The molecule has 136 valence electrons. The van der Waals surface area contributed by atoms with Crippen LogP contribution in [-0.4, -0.2) is 25.1 Å². The molecule has 0 aliphatic heterocycles. The van der Waals surface area contributed by atoms with Gasteiger partial charge in [-0.3, -0.25) is 4.79 Å². The Bertz CT molecular complexity index is 829. The fraction of sp³-hybridized carbons (Fsp3) is 0.227. The second-order valence-corrected chi connectivity index (χ2v) is 6.08. The Labute approximate surface area is 154 Å². The van der Waals surface area contributed by atoms with Gasteiger partial charge in [-0.1, -0.05) is 48.1 Å². The summed E-state index contributed by atoms with van der Waals surface area (Å²) in [6.45, 7) is 3.95. The van der Waals surface area contributed by atoms with Crippen LogP contribution in [0.3, 0.4) is 0 Å². The average molecular weight is 352 g/mol. The molecule has 0 aliphatic carbocycles. The molecule has 4 heteroatoms. The highest BCUT2D eigenvalue weighted by Gasteiger charge is 2.22. The van der Waals surface area contributed by atoms with Crippen LogP contribution < -0.4 is 9.47 Å². The third-order valence-electron chi connectivity index (χ3n) is 3.96. The van der Waals surface area contributed by atoms with E-state index in [4.69, 9.17) is 9.47 Å². The van der Waals surface area contributed by atoms with E-state index in [9.17, 15) is 9.90 Å². The lowest BCUT2D eigenvalue weighted by Crippen LogP contribution is -2.04. The first-order valence-corrected chi connectivity index (χ1v) is 8.35. The molecule has 26 heavy (non-hydrogen) atoms. The second kappa shape index (κ2) is 8.90. The normalized spacial score (nSPS) is 10.6. The number of phenolic OH excluding ortho intramolecular Hbond substituents is 1. The Morgan fingerprint density at radius 1 is 1.08 bits per heavy atom. The molecule has 0 aliphatic rings. The third-order valence-corrected chi connectivity index (χ3v) is 3.96. The zero-order chi connectivity index (χ0) is 19.1. The Morgan fingerprint density at radius 3 is 2.31 bits per heavy atom. The van der Waals surface area contributed by atoms with Crippen LogP contribution in [0.2, 0.25) is 0 Å². The molecule has 2 rings (SSSR count). The Hall–Kier alpha value is -3.01. The van der Waals surface area contributed by atoms with Crippen molar-refractivity contribution < 1.29 is 19.4 Å². The second-order valence-electron chi connectivity index (χ2n) is 6.08. The molecule has 0 saturated heterocycles. The van der Waals surface area contributed by atoms with E-state index < -0.39 is 0 Å². The summed E-state index contributed by atoms with van der Waals surface area (Å²) in [6, 6.07) is 11.1.